The first kappa shape index (κ1) is 12.4. The lowest BCUT2D eigenvalue weighted by molar-refractivity contribution is -0.113. The molecule has 13 heavy (non-hydrogen) atoms. The lowest BCUT2D eigenvalue weighted by atomic mass is 10.0. The monoisotopic (exact) mass is 182 g/mol. The van der Waals surface area contributed by atoms with E-state index in [2.05, 4.69) is 13.5 Å². The van der Waals surface area contributed by atoms with Crippen molar-refractivity contribution in [1.82, 2.24) is 0 Å². The van der Waals surface area contributed by atoms with E-state index < -0.39 is 0 Å². The third kappa shape index (κ3) is 7.76. The fourth-order valence-corrected chi connectivity index (χ4v) is 1.29. The van der Waals surface area contributed by atoms with E-state index in [1.54, 1.807) is 6.92 Å². The smallest absolute Gasteiger partial charge is 0.155 e. The Bertz CT molecular complexity index is 159. The van der Waals surface area contributed by atoms with Crippen molar-refractivity contribution in [3.8, 4) is 0 Å². The Morgan fingerprint density at radius 2 is 1.62 bits per heavy atom. The number of hydrogen-bond donors (Lipinski definition) is 0. The van der Waals surface area contributed by atoms with Crippen molar-refractivity contribution < 1.29 is 4.79 Å². The van der Waals surface area contributed by atoms with Gasteiger partial charge < -0.3 is 0 Å². The number of hydrogen-bond acceptors (Lipinski definition) is 1. The molecule has 0 aliphatic carbocycles. The average molecular weight is 182 g/mol. The second kappa shape index (κ2) is 8.03. The molecule has 0 atom stereocenters. The Kier molecular flexibility index (Phi) is 7.66. The minimum atomic E-state index is 0.147. The van der Waals surface area contributed by atoms with E-state index in [-0.39, 0.29) is 5.78 Å². The van der Waals surface area contributed by atoms with E-state index in [0.29, 0.717) is 0 Å². The predicted molar refractivity (Wildman–Crippen MR) is 57.8 cm³/mol. The molecule has 0 aliphatic rings. The Labute approximate surface area is 82.2 Å². The highest BCUT2D eigenvalue weighted by molar-refractivity contribution is 5.92. The standard InChI is InChI=1S/C12H22O/c1-4-5-6-7-8-9-10-11(2)12(3)13/h2,4-10H2,1,3H3. The summed E-state index contributed by atoms with van der Waals surface area (Å²) < 4.78 is 0. The Hall–Kier alpha value is -0.590. The normalized spacial score (nSPS) is 10.0. The Balaban J connectivity index is 3.16. The van der Waals surface area contributed by atoms with Gasteiger partial charge in [-0.25, -0.2) is 0 Å². The largest absolute Gasteiger partial charge is 0.295 e. The number of unbranched alkanes of at least 4 members (excludes halogenated alkanes) is 5. The summed E-state index contributed by atoms with van der Waals surface area (Å²) in [4.78, 5) is 10.8. The molecule has 0 bridgehead atoms. The second-order valence-corrected chi connectivity index (χ2v) is 3.68. The predicted octanol–water partition coefficient (Wildman–Crippen LogP) is 3.88. The molecule has 0 saturated heterocycles. The minimum absolute atomic E-state index is 0.147. The van der Waals surface area contributed by atoms with E-state index >= 15 is 0 Å². The lowest BCUT2D eigenvalue weighted by Gasteiger charge is -2.01. The molecule has 0 spiro atoms. The molecule has 0 heterocycles. The number of ketones is 1. The van der Waals surface area contributed by atoms with Crippen LogP contribution in [-0.4, -0.2) is 5.78 Å². The minimum Gasteiger partial charge on any atom is -0.295 e. The van der Waals surface area contributed by atoms with Crippen LogP contribution in [0.4, 0.5) is 0 Å². The number of rotatable bonds is 8. The van der Waals surface area contributed by atoms with E-state index in [4.69, 9.17) is 0 Å². The van der Waals surface area contributed by atoms with Gasteiger partial charge in [0.25, 0.3) is 0 Å². The van der Waals surface area contributed by atoms with Crippen molar-refractivity contribution in [3.63, 3.8) is 0 Å². The molecular formula is C12H22O. The quantitative estimate of drug-likeness (QED) is 0.411. The summed E-state index contributed by atoms with van der Waals surface area (Å²) in [6.45, 7) is 7.56. The van der Waals surface area contributed by atoms with Gasteiger partial charge in [0.1, 0.15) is 0 Å². The molecule has 0 aliphatic heterocycles. The first-order chi connectivity index (χ1) is 6.18. The zero-order valence-electron chi connectivity index (χ0n) is 9.07. The second-order valence-electron chi connectivity index (χ2n) is 3.68. The van der Waals surface area contributed by atoms with Crippen LogP contribution in [0, 0.1) is 0 Å². The van der Waals surface area contributed by atoms with Gasteiger partial charge in [-0.15, -0.1) is 0 Å². The van der Waals surface area contributed by atoms with Crippen molar-refractivity contribution >= 4 is 5.78 Å². The molecule has 0 amide bonds. The third-order valence-corrected chi connectivity index (χ3v) is 2.33. The fraction of sp³-hybridized carbons (Fsp3) is 0.750. The van der Waals surface area contributed by atoms with Gasteiger partial charge in [-0.05, 0) is 25.3 Å². The first-order valence-corrected chi connectivity index (χ1v) is 5.37. The van der Waals surface area contributed by atoms with Crippen molar-refractivity contribution in [2.24, 2.45) is 0 Å². The molecule has 1 heteroatoms. The topological polar surface area (TPSA) is 17.1 Å². The molecule has 1 nitrogen and oxygen atoms in total. The number of carbonyl (C=O) groups excluding carboxylic acids is 1. The van der Waals surface area contributed by atoms with Crippen LogP contribution in [0.15, 0.2) is 12.2 Å². The van der Waals surface area contributed by atoms with Gasteiger partial charge in [0.05, 0.1) is 0 Å². The van der Waals surface area contributed by atoms with Gasteiger partial charge in [-0.1, -0.05) is 45.6 Å². The van der Waals surface area contributed by atoms with E-state index in [0.717, 1.165) is 18.4 Å². The van der Waals surface area contributed by atoms with Crippen LogP contribution in [0.1, 0.15) is 58.8 Å². The van der Waals surface area contributed by atoms with Crippen LogP contribution in [0.25, 0.3) is 0 Å². The SMILES string of the molecule is C=C(CCCCCCCC)C(C)=O. The molecule has 0 unspecified atom stereocenters. The molecule has 0 aromatic carbocycles. The summed E-state index contributed by atoms with van der Waals surface area (Å²) in [5.41, 5.74) is 0.787. The van der Waals surface area contributed by atoms with Gasteiger partial charge in [-0.3, -0.25) is 4.79 Å². The Morgan fingerprint density at radius 3 is 2.15 bits per heavy atom. The molecule has 0 aromatic heterocycles. The van der Waals surface area contributed by atoms with Crippen molar-refractivity contribution in [1.29, 1.82) is 0 Å². The highest BCUT2D eigenvalue weighted by atomic mass is 16.1. The summed E-state index contributed by atoms with van der Waals surface area (Å²) in [5.74, 6) is 0.147. The zero-order valence-corrected chi connectivity index (χ0v) is 9.07. The zero-order chi connectivity index (χ0) is 10.1. The average Bonchev–Trinajstić information content (AvgIpc) is 2.10. The van der Waals surface area contributed by atoms with Gasteiger partial charge in [-0.2, -0.15) is 0 Å². The molecule has 0 aromatic rings. The summed E-state index contributed by atoms with van der Waals surface area (Å²) in [6.07, 6.45) is 8.53. The van der Waals surface area contributed by atoms with Gasteiger partial charge in [0.15, 0.2) is 5.78 Å². The van der Waals surface area contributed by atoms with Gasteiger partial charge >= 0.3 is 0 Å². The molecule has 76 valence electrons. The van der Waals surface area contributed by atoms with Crippen LogP contribution in [0.2, 0.25) is 0 Å². The number of allylic oxidation sites excluding steroid dienone is 1. The molecule has 0 N–H and O–H groups in total. The number of carbonyl (C=O) groups is 1. The van der Waals surface area contributed by atoms with E-state index in [1.165, 1.54) is 32.1 Å². The lowest BCUT2D eigenvalue weighted by Crippen LogP contribution is -1.94. The van der Waals surface area contributed by atoms with Crippen molar-refractivity contribution in [2.45, 2.75) is 58.8 Å². The summed E-state index contributed by atoms with van der Waals surface area (Å²) in [7, 11) is 0. The van der Waals surface area contributed by atoms with Gasteiger partial charge in [0.2, 0.25) is 0 Å². The Morgan fingerprint density at radius 1 is 1.08 bits per heavy atom. The maximum atomic E-state index is 10.8. The van der Waals surface area contributed by atoms with Crippen LogP contribution >= 0.6 is 0 Å². The van der Waals surface area contributed by atoms with Crippen molar-refractivity contribution in [2.75, 3.05) is 0 Å². The highest BCUT2D eigenvalue weighted by Gasteiger charge is 1.99. The molecular weight excluding hydrogens is 160 g/mol. The van der Waals surface area contributed by atoms with E-state index in [9.17, 15) is 4.79 Å². The van der Waals surface area contributed by atoms with Crippen LogP contribution in [-0.2, 0) is 4.79 Å². The molecule has 0 saturated carbocycles. The van der Waals surface area contributed by atoms with Gasteiger partial charge in [0, 0.05) is 0 Å². The fourth-order valence-electron chi connectivity index (χ4n) is 1.29. The van der Waals surface area contributed by atoms with E-state index in [1.807, 2.05) is 0 Å². The van der Waals surface area contributed by atoms with Crippen LogP contribution < -0.4 is 0 Å². The van der Waals surface area contributed by atoms with Crippen LogP contribution in [0.5, 0.6) is 0 Å². The third-order valence-electron chi connectivity index (χ3n) is 2.33. The first-order valence-electron chi connectivity index (χ1n) is 5.37. The molecule has 0 fully saturated rings. The highest BCUT2D eigenvalue weighted by Crippen LogP contribution is 2.10. The molecule has 0 radical (unpaired) electrons. The summed E-state index contributed by atoms with van der Waals surface area (Å²) >= 11 is 0. The summed E-state index contributed by atoms with van der Waals surface area (Å²) in [5, 5.41) is 0. The molecule has 0 rings (SSSR count). The van der Waals surface area contributed by atoms with Crippen molar-refractivity contribution in [3.05, 3.63) is 12.2 Å². The maximum absolute atomic E-state index is 10.8. The summed E-state index contributed by atoms with van der Waals surface area (Å²) in [6, 6.07) is 0. The maximum Gasteiger partial charge on any atom is 0.155 e. The van der Waals surface area contributed by atoms with Crippen LogP contribution in [0.3, 0.4) is 0 Å². The number of Topliss-reactive ketones (excluding diaryl/α,β-unsaturated/α-hetero) is 1.